The summed E-state index contributed by atoms with van der Waals surface area (Å²) in [6.45, 7) is 2.02. The molecule has 9 heteroatoms. The minimum atomic E-state index is -0.473. The number of nitrogens with zero attached hydrogens (tertiary/aromatic N) is 2. The highest BCUT2D eigenvalue weighted by Gasteiger charge is 2.27. The van der Waals surface area contributed by atoms with Crippen molar-refractivity contribution in [3.8, 4) is 0 Å². The standard InChI is InChI=1S/C24H28N4O4S/c1-15-5-3-4-6-18(15)26-20(29)14-27-19-11-12-33-21(19)23(31)28(24(27)32)13-16-7-9-17(10-8-16)22(30)25-2/h3-6,11-12,16-17H,7-10,13-14H2,1-2H3,(H,25,30)(H,26,29). The van der Waals surface area contributed by atoms with Gasteiger partial charge in [-0.25, -0.2) is 4.79 Å². The average Bonchev–Trinajstić information content (AvgIpc) is 3.31. The van der Waals surface area contributed by atoms with Gasteiger partial charge in [-0.05, 0) is 61.6 Å². The lowest BCUT2D eigenvalue weighted by Gasteiger charge is -2.27. The van der Waals surface area contributed by atoms with Crippen LogP contribution in [0.15, 0.2) is 45.3 Å². The number of thiophene rings is 1. The van der Waals surface area contributed by atoms with Gasteiger partial charge in [-0.2, -0.15) is 0 Å². The summed E-state index contributed by atoms with van der Waals surface area (Å²) < 4.78 is 3.12. The van der Waals surface area contributed by atoms with E-state index in [0.29, 0.717) is 22.4 Å². The normalized spacial score (nSPS) is 18.2. The molecule has 1 aliphatic rings. The van der Waals surface area contributed by atoms with Crippen molar-refractivity contribution in [1.29, 1.82) is 0 Å². The predicted octanol–water partition coefficient (Wildman–Crippen LogP) is 2.72. The molecule has 174 valence electrons. The van der Waals surface area contributed by atoms with E-state index in [2.05, 4.69) is 10.6 Å². The first-order chi connectivity index (χ1) is 15.9. The molecule has 1 saturated carbocycles. The second-order valence-electron chi connectivity index (χ2n) is 8.61. The Labute approximate surface area is 195 Å². The monoisotopic (exact) mass is 468 g/mol. The molecule has 2 amide bonds. The largest absolute Gasteiger partial charge is 0.359 e. The Kier molecular flexibility index (Phi) is 6.78. The Hall–Kier alpha value is -3.20. The van der Waals surface area contributed by atoms with E-state index in [0.717, 1.165) is 31.2 Å². The third-order valence-electron chi connectivity index (χ3n) is 6.46. The zero-order valence-corrected chi connectivity index (χ0v) is 19.6. The summed E-state index contributed by atoms with van der Waals surface area (Å²) in [5.74, 6) is -0.143. The highest BCUT2D eigenvalue weighted by molar-refractivity contribution is 7.17. The van der Waals surface area contributed by atoms with Crippen molar-refractivity contribution in [2.75, 3.05) is 12.4 Å². The Bertz CT molecular complexity index is 1300. The maximum atomic E-state index is 13.3. The molecule has 0 bridgehead atoms. The molecular weight excluding hydrogens is 440 g/mol. The number of anilines is 1. The van der Waals surface area contributed by atoms with E-state index in [1.165, 1.54) is 20.5 Å². The number of fused-ring (bicyclic) bond motifs is 1. The number of rotatable bonds is 6. The van der Waals surface area contributed by atoms with Crippen molar-refractivity contribution in [1.82, 2.24) is 14.5 Å². The van der Waals surface area contributed by atoms with Gasteiger partial charge in [0.1, 0.15) is 11.2 Å². The van der Waals surface area contributed by atoms with Crippen LogP contribution in [0.3, 0.4) is 0 Å². The van der Waals surface area contributed by atoms with E-state index in [9.17, 15) is 19.2 Å². The summed E-state index contributed by atoms with van der Waals surface area (Å²) in [7, 11) is 1.64. The lowest BCUT2D eigenvalue weighted by molar-refractivity contribution is -0.125. The zero-order chi connectivity index (χ0) is 23.5. The first-order valence-corrected chi connectivity index (χ1v) is 12.0. The van der Waals surface area contributed by atoms with Crippen LogP contribution in [0, 0.1) is 18.8 Å². The maximum Gasteiger partial charge on any atom is 0.332 e. The smallest absolute Gasteiger partial charge is 0.332 e. The Morgan fingerprint density at radius 3 is 2.48 bits per heavy atom. The fourth-order valence-corrected chi connectivity index (χ4v) is 5.41. The van der Waals surface area contributed by atoms with Crippen LogP contribution >= 0.6 is 11.3 Å². The van der Waals surface area contributed by atoms with Gasteiger partial charge in [0.2, 0.25) is 11.8 Å². The molecule has 1 fully saturated rings. The Morgan fingerprint density at radius 2 is 1.79 bits per heavy atom. The number of para-hydroxylation sites is 1. The van der Waals surface area contributed by atoms with Crippen molar-refractivity contribution in [2.45, 2.75) is 45.7 Å². The number of hydrogen-bond donors (Lipinski definition) is 2. The third-order valence-corrected chi connectivity index (χ3v) is 7.35. The molecular formula is C24H28N4O4S. The molecule has 8 nitrogen and oxygen atoms in total. The van der Waals surface area contributed by atoms with Gasteiger partial charge in [-0.3, -0.25) is 23.5 Å². The molecule has 4 rings (SSSR count). The molecule has 0 spiro atoms. The summed E-state index contributed by atoms with van der Waals surface area (Å²) in [4.78, 5) is 51.1. The van der Waals surface area contributed by atoms with Gasteiger partial charge >= 0.3 is 5.69 Å². The molecule has 3 aromatic rings. The van der Waals surface area contributed by atoms with Crippen LogP contribution in [0.1, 0.15) is 31.2 Å². The van der Waals surface area contributed by atoms with Crippen molar-refractivity contribution in [2.24, 2.45) is 11.8 Å². The van der Waals surface area contributed by atoms with Gasteiger partial charge in [0.25, 0.3) is 5.56 Å². The van der Waals surface area contributed by atoms with Gasteiger partial charge in [0, 0.05) is 25.2 Å². The number of carbonyl (C=O) groups is 2. The quantitative estimate of drug-likeness (QED) is 0.581. The molecule has 2 aromatic heterocycles. The molecule has 0 unspecified atom stereocenters. The average molecular weight is 469 g/mol. The topological polar surface area (TPSA) is 102 Å². The van der Waals surface area contributed by atoms with E-state index in [1.807, 2.05) is 31.2 Å². The van der Waals surface area contributed by atoms with Crippen LogP contribution in [0.2, 0.25) is 0 Å². The molecule has 1 aliphatic carbocycles. The molecule has 0 radical (unpaired) electrons. The number of benzene rings is 1. The molecule has 2 N–H and O–H groups in total. The van der Waals surface area contributed by atoms with Gasteiger partial charge in [-0.1, -0.05) is 18.2 Å². The minimum absolute atomic E-state index is 0.00968. The maximum absolute atomic E-state index is 13.3. The van der Waals surface area contributed by atoms with Crippen LogP contribution in [-0.4, -0.2) is 28.0 Å². The third kappa shape index (κ3) is 4.78. The molecule has 2 heterocycles. The number of aryl methyl sites for hydroxylation is 1. The Balaban J connectivity index is 1.58. The second-order valence-corrected chi connectivity index (χ2v) is 9.53. The first kappa shape index (κ1) is 23.0. The fourth-order valence-electron chi connectivity index (χ4n) is 4.56. The van der Waals surface area contributed by atoms with Gasteiger partial charge in [0.05, 0.1) is 5.52 Å². The minimum Gasteiger partial charge on any atom is -0.359 e. The van der Waals surface area contributed by atoms with E-state index >= 15 is 0 Å². The van der Waals surface area contributed by atoms with Crippen LogP contribution in [-0.2, 0) is 22.7 Å². The van der Waals surface area contributed by atoms with Crippen molar-refractivity contribution < 1.29 is 9.59 Å². The molecule has 0 aliphatic heterocycles. The van der Waals surface area contributed by atoms with E-state index in [1.54, 1.807) is 18.5 Å². The van der Waals surface area contributed by atoms with Crippen molar-refractivity contribution in [3.05, 3.63) is 62.1 Å². The van der Waals surface area contributed by atoms with Crippen LogP contribution in [0.5, 0.6) is 0 Å². The fraction of sp³-hybridized carbons (Fsp3) is 0.417. The number of amides is 2. The second kappa shape index (κ2) is 9.74. The highest BCUT2D eigenvalue weighted by atomic mass is 32.1. The van der Waals surface area contributed by atoms with Crippen molar-refractivity contribution >= 4 is 39.1 Å². The predicted molar refractivity (Wildman–Crippen MR) is 130 cm³/mol. The summed E-state index contributed by atoms with van der Waals surface area (Å²) in [6.07, 6.45) is 3.04. The van der Waals surface area contributed by atoms with Crippen LogP contribution < -0.4 is 21.9 Å². The molecule has 1 aromatic carbocycles. The van der Waals surface area contributed by atoms with Gasteiger partial charge in [0.15, 0.2) is 0 Å². The van der Waals surface area contributed by atoms with Crippen molar-refractivity contribution in [3.63, 3.8) is 0 Å². The van der Waals surface area contributed by atoms with E-state index in [4.69, 9.17) is 0 Å². The number of hydrogen-bond acceptors (Lipinski definition) is 5. The summed E-state index contributed by atoms with van der Waals surface area (Å²) in [6, 6.07) is 9.15. The number of nitrogens with one attached hydrogen (secondary N) is 2. The van der Waals surface area contributed by atoms with Crippen LogP contribution in [0.4, 0.5) is 5.69 Å². The van der Waals surface area contributed by atoms with Crippen LogP contribution in [0.25, 0.3) is 10.2 Å². The summed E-state index contributed by atoms with van der Waals surface area (Å²) in [5.41, 5.74) is 1.32. The van der Waals surface area contributed by atoms with E-state index in [-0.39, 0.29) is 35.8 Å². The zero-order valence-electron chi connectivity index (χ0n) is 18.8. The SMILES string of the molecule is CNC(=O)C1CCC(Cn2c(=O)c3sccc3n(CC(=O)Nc3ccccc3C)c2=O)CC1. The number of carbonyl (C=O) groups excluding carboxylic acids is 2. The van der Waals surface area contributed by atoms with Gasteiger partial charge < -0.3 is 10.6 Å². The lowest BCUT2D eigenvalue weighted by atomic mass is 9.81. The summed E-state index contributed by atoms with van der Waals surface area (Å²) in [5, 5.41) is 7.32. The van der Waals surface area contributed by atoms with E-state index < -0.39 is 5.69 Å². The molecule has 0 saturated heterocycles. The highest BCUT2D eigenvalue weighted by Crippen LogP contribution is 2.29. The lowest BCUT2D eigenvalue weighted by Crippen LogP contribution is -2.43. The molecule has 0 atom stereocenters. The Morgan fingerprint density at radius 1 is 1.06 bits per heavy atom. The summed E-state index contributed by atoms with van der Waals surface area (Å²) >= 11 is 1.28. The van der Waals surface area contributed by atoms with Gasteiger partial charge in [-0.15, -0.1) is 11.3 Å². The molecule has 33 heavy (non-hydrogen) atoms. The number of aromatic nitrogens is 2. The first-order valence-electron chi connectivity index (χ1n) is 11.2.